The Kier molecular flexibility index (Phi) is 4.77. The highest BCUT2D eigenvalue weighted by atomic mass is 16.5. The number of carbonyl (C=O) groups is 2. The van der Waals surface area contributed by atoms with Crippen LogP contribution in [0.15, 0.2) is 11.6 Å². The van der Waals surface area contributed by atoms with Gasteiger partial charge in [-0.25, -0.2) is 0 Å². The number of ketones is 1. The molecule has 27 heavy (non-hydrogen) atoms. The largest absolute Gasteiger partial charge is 0.462 e. The molecular formula is C23H34O4. The Morgan fingerprint density at radius 3 is 2.74 bits per heavy atom. The highest BCUT2D eigenvalue weighted by Crippen LogP contribution is 2.66. The minimum absolute atomic E-state index is 0.0447. The molecule has 4 rings (SSSR count). The first-order chi connectivity index (χ1) is 12.9. The molecule has 0 aromatic carbocycles. The van der Waals surface area contributed by atoms with Gasteiger partial charge in [0.05, 0.1) is 6.61 Å². The first kappa shape index (κ1) is 19.2. The van der Waals surface area contributed by atoms with Crippen molar-refractivity contribution in [3.8, 4) is 0 Å². The zero-order valence-electron chi connectivity index (χ0n) is 17.0. The molecular weight excluding hydrogens is 340 g/mol. The molecule has 0 heterocycles. The van der Waals surface area contributed by atoms with E-state index in [0.29, 0.717) is 30.6 Å². The molecule has 3 fully saturated rings. The molecule has 3 saturated carbocycles. The van der Waals surface area contributed by atoms with E-state index < -0.39 is 0 Å². The van der Waals surface area contributed by atoms with E-state index in [4.69, 9.17) is 4.74 Å². The molecule has 0 amide bonds. The molecule has 4 aliphatic carbocycles. The zero-order chi connectivity index (χ0) is 19.4. The highest BCUT2D eigenvalue weighted by Gasteiger charge is 2.62. The van der Waals surface area contributed by atoms with E-state index >= 15 is 0 Å². The van der Waals surface area contributed by atoms with E-state index in [1.807, 2.05) is 13.0 Å². The maximum atomic E-state index is 12.1. The average Bonchev–Trinajstić information content (AvgIpc) is 2.97. The van der Waals surface area contributed by atoms with E-state index in [1.54, 1.807) is 0 Å². The SMILES string of the molecule is CCC(=O)O[C@H]1CC[C@H]2[C@@H]3CCC4=CC(=O)C[C@H](C)[C@]4(CO)[C@H]3CC[C@]12C. The molecule has 0 aliphatic heterocycles. The molecule has 4 heteroatoms. The first-order valence-electron chi connectivity index (χ1n) is 10.9. The van der Waals surface area contributed by atoms with Gasteiger partial charge in [-0.05, 0) is 68.3 Å². The maximum absolute atomic E-state index is 12.1. The van der Waals surface area contributed by atoms with Crippen molar-refractivity contribution in [2.75, 3.05) is 6.61 Å². The van der Waals surface area contributed by atoms with E-state index in [-0.39, 0.29) is 41.2 Å². The molecule has 0 spiro atoms. The molecule has 7 atom stereocenters. The van der Waals surface area contributed by atoms with Crippen LogP contribution in [0.1, 0.15) is 72.1 Å². The van der Waals surface area contributed by atoms with Crippen molar-refractivity contribution in [2.24, 2.45) is 34.5 Å². The van der Waals surface area contributed by atoms with Crippen LogP contribution < -0.4 is 0 Å². The van der Waals surface area contributed by atoms with Crippen LogP contribution in [-0.2, 0) is 14.3 Å². The summed E-state index contributed by atoms with van der Waals surface area (Å²) in [6.45, 7) is 6.52. The van der Waals surface area contributed by atoms with Gasteiger partial charge in [0.25, 0.3) is 0 Å². The Balaban J connectivity index is 1.65. The van der Waals surface area contributed by atoms with Crippen LogP contribution in [0, 0.1) is 34.5 Å². The highest BCUT2D eigenvalue weighted by molar-refractivity contribution is 5.92. The molecule has 0 aromatic rings. The number of rotatable bonds is 3. The Hall–Kier alpha value is -1.16. The smallest absolute Gasteiger partial charge is 0.305 e. The summed E-state index contributed by atoms with van der Waals surface area (Å²) >= 11 is 0. The number of aliphatic hydroxyl groups excluding tert-OH is 1. The van der Waals surface area contributed by atoms with Gasteiger partial charge in [-0.3, -0.25) is 9.59 Å². The molecule has 4 aliphatic rings. The summed E-state index contributed by atoms with van der Waals surface area (Å²) < 4.78 is 5.86. The van der Waals surface area contributed by atoms with Crippen molar-refractivity contribution in [3.63, 3.8) is 0 Å². The van der Waals surface area contributed by atoms with Gasteiger partial charge in [0.15, 0.2) is 5.78 Å². The number of esters is 1. The maximum Gasteiger partial charge on any atom is 0.305 e. The fourth-order valence-electron chi connectivity index (χ4n) is 7.51. The van der Waals surface area contributed by atoms with Crippen LogP contribution in [-0.4, -0.2) is 29.6 Å². The summed E-state index contributed by atoms with van der Waals surface area (Å²) in [5, 5.41) is 10.6. The molecule has 0 unspecified atom stereocenters. The second kappa shape index (κ2) is 6.72. The summed E-state index contributed by atoms with van der Waals surface area (Å²) in [4.78, 5) is 24.1. The number of hydrogen-bond donors (Lipinski definition) is 1. The van der Waals surface area contributed by atoms with Crippen molar-refractivity contribution < 1.29 is 19.4 Å². The molecule has 150 valence electrons. The van der Waals surface area contributed by atoms with Crippen molar-refractivity contribution in [1.29, 1.82) is 0 Å². The third kappa shape index (κ3) is 2.66. The van der Waals surface area contributed by atoms with Crippen molar-refractivity contribution >= 4 is 11.8 Å². The average molecular weight is 375 g/mol. The van der Waals surface area contributed by atoms with Crippen LogP contribution in [0.4, 0.5) is 0 Å². The Bertz CT molecular complexity index is 667. The Morgan fingerprint density at radius 1 is 1.26 bits per heavy atom. The lowest BCUT2D eigenvalue weighted by Crippen LogP contribution is -2.56. The van der Waals surface area contributed by atoms with Gasteiger partial charge in [-0.2, -0.15) is 0 Å². The van der Waals surface area contributed by atoms with Gasteiger partial charge >= 0.3 is 5.97 Å². The Labute approximate surface area is 162 Å². The standard InChI is InChI=1S/C23H34O4/c1-4-21(26)27-20-8-7-18-17-6-5-15-12-16(25)11-14(2)23(15,13-24)19(17)9-10-22(18,20)3/h12,14,17-20,24H,4-11,13H2,1-3H3/t14-,17-,18-,19-,20-,22-,23-/m0/s1. The second-order valence-electron chi connectivity index (χ2n) is 9.81. The lowest BCUT2D eigenvalue weighted by atomic mass is 9.45. The molecule has 0 aromatic heterocycles. The van der Waals surface area contributed by atoms with E-state index in [1.165, 1.54) is 5.57 Å². The van der Waals surface area contributed by atoms with Crippen LogP contribution in [0.3, 0.4) is 0 Å². The lowest BCUT2D eigenvalue weighted by molar-refractivity contribution is -0.161. The summed E-state index contributed by atoms with van der Waals surface area (Å²) in [6.07, 6.45) is 9.15. The van der Waals surface area contributed by atoms with E-state index in [0.717, 1.165) is 38.5 Å². The zero-order valence-corrected chi connectivity index (χ0v) is 17.0. The fraction of sp³-hybridized carbons (Fsp3) is 0.826. The normalized spacial score (nSPS) is 46.1. The van der Waals surface area contributed by atoms with Gasteiger partial charge < -0.3 is 9.84 Å². The van der Waals surface area contributed by atoms with Gasteiger partial charge in [0.1, 0.15) is 6.10 Å². The van der Waals surface area contributed by atoms with Crippen LogP contribution in [0.2, 0.25) is 0 Å². The minimum Gasteiger partial charge on any atom is -0.462 e. The Morgan fingerprint density at radius 2 is 2.04 bits per heavy atom. The van der Waals surface area contributed by atoms with Crippen LogP contribution >= 0.6 is 0 Å². The van der Waals surface area contributed by atoms with Gasteiger partial charge in [-0.1, -0.05) is 26.3 Å². The molecule has 0 bridgehead atoms. The summed E-state index contributed by atoms with van der Waals surface area (Å²) in [7, 11) is 0. The second-order valence-corrected chi connectivity index (χ2v) is 9.81. The third-order valence-electron chi connectivity index (χ3n) is 8.90. The molecule has 1 N–H and O–H groups in total. The third-order valence-corrected chi connectivity index (χ3v) is 8.90. The summed E-state index contributed by atoms with van der Waals surface area (Å²) in [5.41, 5.74) is 1.07. The van der Waals surface area contributed by atoms with Crippen molar-refractivity contribution in [2.45, 2.75) is 78.2 Å². The molecule has 0 saturated heterocycles. The topological polar surface area (TPSA) is 63.6 Å². The predicted molar refractivity (Wildman–Crippen MR) is 103 cm³/mol. The molecule has 4 nitrogen and oxygen atoms in total. The number of ether oxygens (including phenoxy) is 1. The van der Waals surface area contributed by atoms with Gasteiger partial charge in [0, 0.05) is 23.7 Å². The number of carbonyl (C=O) groups excluding carboxylic acids is 2. The lowest BCUT2D eigenvalue weighted by Gasteiger charge is -2.60. The predicted octanol–water partition coefficient (Wildman–Crippen LogP) is 4.06. The van der Waals surface area contributed by atoms with Crippen LogP contribution in [0.25, 0.3) is 0 Å². The number of hydrogen-bond acceptors (Lipinski definition) is 4. The quantitative estimate of drug-likeness (QED) is 0.757. The summed E-state index contributed by atoms with van der Waals surface area (Å²) in [5.74, 6) is 1.93. The van der Waals surface area contributed by atoms with Crippen LogP contribution in [0.5, 0.6) is 0 Å². The van der Waals surface area contributed by atoms with E-state index in [9.17, 15) is 14.7 Å². The van der Waals surface area contributed by atoms with E-state index in [2.05, 4.69) is 13.8 Å². The van der Waals surface area contributed by atoms with Crippen molar-refractivity contribution in [1.82, 2.24) is 0 Å². The minimum atomic E-state index is -0.212. The van der Waals surface area contributed by atoms with Gasteiger partial charge in [-0.15, -0.1) is 0 Å². The molecule has 0 radical (unpaired) electrons. The number of fused-ring (bicyclic) bond motifs is 5. The fourth-order valence-corrected chi connectivity index (χ4v) is 7.51. The van der Waals surface area contributed by atoms with Gasteiger partial charge in [0.2, 0.25) is 0 Å². The monoisotopic (exact) mass is 374 g/mol. The first-order valence-corrected chi connectivity index (χ1v) is 10.9. The number of aliphatic hydroxyl groups is 1. The van der Waals surface area contributed by atoms with Crippen molar-refractivity contribution in [3.05, 3.63) is 11.6 Å². The summed E-state index contributed by atoms with van der Waals surface area (Å²) in [6, 6.07) is 0.